The summed E-state index contributed by atoms with van der Waals surface area (Å²) < 4.78 is 0. The summed E-state index contributed by atoms with van der Waals surface area (Å²) in [6.07, 6.45) is 6.10. The van der Waals surface area contributed by atoms with Crippen LogP contribution in [-0.2, 0) is 6.54 Å². The molecule has 1 aromatic heterocycles. The standard InChI is InChI=1S/C9H14N4/c1-2-7-13(12-6-1)8-9-10-4-3-5-11-9/h3-5,12H,1-2,6-8H2. The first-order valence-electron chi connectivity index (χ1n) is 4.69. The number of hydrogen-bond acceptors (Lipinski definition) is 4. The van der Waals surface area contributed by atoms with Crippen molar-refractivity contribution < 1.29 is 0 Å². The topological polar surface area (TPSA) is 41.1 Å². The Morgan fingerprint density at radius 1 is 1.31 bits per heavy atom. The van der Waals surface area contributed by atoms with Gasteiger partial charge in [0.05, 0.1) is 6.54 Å². The van der Waals surface area contributed by atoms with Crippen molar-refractivity contribution >= 4 is 0 Å². The average Bonchev–Trinajstić information content (AvgIpc) is 2.21. The first kappa shape index (κ1) is 8.59. The molecule has 1 aliphatic heterocycles. The van der Waals surface area contributed by atoms with E-state index >= 15 is 0 Å². The van der Waals surface area contributed by atoms with Crippen LogP contribution in [0.25, 0.3) is 0 Å². The third kappa shape index (κ3) is 2.47. The molecule has 1 aromatic rings. The van der Waals surface area contributed by atoms with Crippen molar-refractivity contribution in [1.29, 1.82) is 0 Å². The fraction of sp³-hybridized carbons (Fsp3) is 0.556. The molecule has 70 valence electrons. The van der Waals surface area contributed by atoms with E-state index in [2.05, 4.69) is 20.4 Å². The van der Waals surface area contributed by atoms with Gasteiger partial charge < -0.3 is 0 Å². The maximum Gasteiger partial charge on any atom is 0.143 e. The SMILES string of the molecule is c1cnc(CN2CCCCN2)nc1. The van der Waals surface area contributed by atoms with Crippen molar-refractivity contribution in [2.24, 2.45) is 0 Å². The largest absolute Gasteiger partial charge is 0.255 e. The smallest absolute Gasteiger partial charge is 0.143 e. The minimum atomic E-state index is 0.806. The molecule has 4 heteroatoms. The van der Waals surface area contributed by atoms with Crippen LogP contribution >= 0.6 is 0 Å². The number of aromatic nitrogens is 2. The molecule has 0 atom stereocenters. The molecule has 13 heavy (non-hydrogen) atoms. The highest BCUT2D eigenvalue weighted by Crippen LogP contribution is 2.02. The minimum Gasteiger partial charge on any atom is -0.255 e. The molecule has 2 rings (SSSR count). The van der Waals surface area contributed by atoms with E-state index in [0.717, 1.165) is 25.5 Å². The Morgan fingerprint density at radius 3 is 2.85 bits per heavy atom. The molecule has 0 bridgehead atoms. The molecule has 0 radical (unpaired) electrons. The molecular weight excluding hydrogens is 164 g/mol. The number of nitrogens with zero attached hydrogens (tertiary/aromatic N) is 3. The van der Waals surface area contributed by atoms with Crippen LogP contribution in [0.2, 0.25) is 0 Å². The van der Waals surface area contributed by atoms with Crippen LogP contribution in [-0.4, -0.2) is 28.1 Å². The molecule has 4 nitrogen and oxygen atoms in total. The fourth-order valence-corrected chi connectivity index (χ4v) is 1.46. The maximum absolute atomic E-state index is 4.18. The van der Waals surface area contributed by atoms with Crippen molar-refractivity contribution in [1.82, 2.24) is 20.4 Å². The van der Waals surface area contributed by atoms with Crippen LogP contribution in [0.15, 0.2) is 18.5 Å². The van der Waals surface area contributed by atoms with Crippen molar-refractivity contribution in [3.05, 3.63) is 24.3 Å². The van der Waals surface area contributed by atoms with E-state index in [9.17, 15) is 0 Å². The molecular formula is C9H14N4. The van der Waals surface area contributed by atoms with Crippen LogP contribution in [0.3, 0.4) is 0 Å². The Bertz CT molecular complexity index is 243. The van der Waals surface area contributed by atoms with Gasteiger partial charge in [-0.1, -0.05) is 0 Å². The lowest BCUT2D eigenvalue weighted by atomic mass is 10.2. The summed E-state index contributed by atoms with van der Waals surface area (Å²) in [4.78, 5) is 8.36. The first-order valence-corrected chi connectivity index (χ1v) is 4.69. The van der Waals surface area contributed by atoms with Gasteiger partial charge in [-0.05, 0) is 18.9 Å². The lowest BCUT2D eigenvalue weighted by Crippen LogP contribution is -2.42. The predicted molar refractivity (Wildman–Crippen MR) is 49.7 cm³/mol. The second kappa shape index (κ2) is 4.30. The first-order chi connectivity index (χ1) is 6.45. The zero-order chi connectivity index (χ0) is 8.93. The van der Waals surface area contributed by atoms with Gasteiger partial charge in [0.15, 0.2) is 0 Å². The molecule has 1 fully saturated rings. The Labute approximate surface area is 78.0 Å². The van der Waals surface area contributed by atoms with E-state index in [0.29, 0.717) is 0 Å². The summed E-state index contributed by atoms with van der Waals surface area (Å²) in [6, 6.07) is 1.84. The lowest BCUT2D eigenvalue weighted by Gasteiger charge is -2.26. The molecule has 0 saturated carbocycles. The summed E-state index contributed by atoms with van der Waals surface area (Å²) in [6.45, 7) is 2.98. The van der Waals surface area contributed by atoms with Crippen LogP contribution in [0.5, 0.6) is 0 Å². The highest BCUT2D eigenvalue weighted by Gasteiger charge is 2.10. The molecule has 0 spiro atoms. The van der Waals surface area contributed by atoms with Crippen molar-refractivity contribution in [2.45, 2.75) is 19.4 Å². The van der Waals surface area contributed by atoms with E-state index < -0.39 is 0 Å². The van der Waals surface area contributed by atoms with Crippen LogP contribution in [0.4, 0.5) is 0 Å². The summed E-state index contributed by atoms with van der Waals surface area (Å²) in [5.74, 6) is 0.886. The monoisotopic (exact) mass is 178 g/mol. The number of hydrogen-bond donors (Lipinski definition) is 1. The second-order valence-corrected chi connectivity index (χ2v) is 3.20. The zero-order valence-electron chi connectivity index (χ0n) is 7.61. The van der Waals surface area contributed by atoms with E-state index in [4.69, 9.17) is 0 Å². The average molecular weight is 178 g/mol. The van der Waals surface area contributed by atoms with E-state index in [-0.39, 0.29) is 0 Å². The van der Waals surface area contributed by atoms with Gasteiger partial charge in [-0.3, -0.25) is 5.43 Å². The van der Waals surface area contributed by atoms with Gasteiger partial charge in [-0.15, -0.1) is 0 Å². The molecule has 0 unspecified atom stereocenters. The van der Waals surface area contributed by atoms with E-state index in [1.54, 1.807) is 12.4 Å². The normalized spacial score (nSPS) is 18.8. The Kier molecular flexibility index (Phi) is 2.84. The van der Waals surface area contributed by atoms with Gasteiger partial charge >= 0.3 is 0 Å². The number of nitrogens with one attached hydrogen (secondary N) is 1. The Hall–Kier alpha value is -1.00. The summed E-state index contributed by atoms with van der Waals surface area (Å²) in [5, 5.41) is 2.18. The Balaban J connectivity index is 1.90. The molecule has 0 aromatic carbocycles. The third-order valence-corrected chi connectivity index (χ3v) is 2.14. The van der Waals surface area contributed by atoms with Crippen molar-refractivity contribution in [3.63, 3.8) is 0 Å². The molecule has 2 heterocycles. The number of hydrazine groups is 1. The molecule has 0 amide bonds. The van der Waals surface area contributed by atoms with Gasteiger partial charge in [-0.2, -0.15) is 0 Å². The third-order valence-electron chi connectivity index (χ3n) is 2.14. The molecule has 0 aliphatic carbocycles. The Morgan fingerprint density at radius 2 is 2.15 bits per heavy atom. The van der Waals surface area contributed by atoms with Crippen LogP contribution < -0.4 is 5.43 Å². The van der Waals surface area contributed by atoms with E-state index in [1.165, 1.54) is 12.8 Å². The summed E-state index contributed by atoms with van der Waals surface area (Å²) in [5.41, 5.74) is 3.32. The van der Waals surface area contributed by atoms with Crippen LogP contribution in [0.1, 0.15) is 18.7 Å². The van der Waals surface area contributed by atoms with Gasteiger partial charge in [0.1, 0.15) is 5.82 Å². The maximum atomic E-state index is 4.18. The minimum absolute atomic E-state index is 0.806. The lowest BCUT2D eigenvalue weighted by molar-refractivity contribution is 0.140. The van der Waals surface area contributed by atoms with Gasteiger partial charge in [0.2, 0.25) is 0 Å². The van der Waals surface area contributed by atoms with E-state index in [1.807, 2.05) is 6.07 Å². The quantitative estimate of drug-likeness (QED) is 0.719. The summed E-state index contributed by atoms with van der Waals surface area (Å²) >= 11 is 0. The highest BCUT2D eigenvalue weighted by atomic mass is 15.5. The molecule has 1 N–H and O–H groups in total. The molecule has 1 aliphatic rings. The fourth-order valence-electron chi connectivity index (χ4n) is 1.46. The zero-order valence-corrected chi connectivity index (χ0v) is 7.61. The van der Waals surface area contributed by atoms with Crippen molar-refractivity contribution in [2.75, 3.05) is 13.1 Å². The summed E-state index contributed by atoms with van der Waals surface area (Å²) in [7, 11) is 0. The highest BCUT2D eigenvalue weighted by molar-refractivity contribution is 4.88. The van der Waals surface area contributed by atoms with Gasteiger partial charge in [0.25, 0.3) is 0 Å². The molecule has 1 saturated heterocycles. The predicted octanol–water partition coefficient (Wildman–Crippen LogP) is 0.577. The van der Waals surface area contributed by atoms with Gasteiger partial charge in [0, 0.05) is 25.5 Å². The van der Waals surface area contributed by atoms with Crippen LogP contribution in [0, 0.1) is 0 Å². The van der Waals surface area contributed by atoms with Crippen molar-refractivity contribution in [3.8, 4) is 0 Å². The van der Waals surface area contributed by atoms with Gasteiger partial charge in [-0.25, -0.2) is 15.0 Å². The number of rotatable bonds is 2. The second-order valence-electron chi connectivity index (χ2n) is 3.20.